The minimum Gasteiger partial charge on any atom is -0.497 e. The summed E-state index contributed by atoms with van der Waals surface area (Å²) in [6.45, 7) is 4.61. The standard InChI is InChI=1S/C17H26N2O/c1-12-11-19(8-7-17(12)18)15-5-3-13-4-6-16(20-2)10-14(13)9-15/h4,6,10,12,15,17H,3,5,7-9,11,18H2,1-2H3. The van der Waals surface area contributed by atoms with Crippen LogP contribution in [0.5, 0.6) is 5.75 Å². The van der Waals surface area contributed by atoms with E-state index in [1.54, 1.807) is 7.11 Å². The fourth-order valence-electron chi connectivity index (χ4n) is 3.68. The van der Waals surface area contributed by atoms with E-state index in [-0.39, 0.29) is 0 Å². The lowest BCUT2D eigenvalue weighted by atomic mass is 9.85. The monoisotopic (exact) mass is 274 g/mol. The molecule has 110 valence electrons. The van der Waals surface area contributed by atoms with Crippen molar-refractivity contribution in [2.45, 2.75) is 44.7 Å². The number of methoxy groups -OCH3 is 1. The first kappa shape index (κ1) is 13.9. The molecule has 1 fully saturated rings. The zero-order valence-corrected chi connectivity index (χ0v) is 12.6. The molecule has 0 saturated carbocycles. The number of hydrogen-bond donors (Lipinski definition) is 1. The molecule has 3 unspecified atom stereocenters. The van der Waals surface area contributed by atoms with Gasteiger partial charge in [0.1, 0.15) is 5.75 Å². The Hall–Kier alpha value is -1.06. The summed E-state index contributed by atoms with van der Waals surface area (Å²) in [5.74, 6) is 1.61. The maximum atomic E-state index is 6.14. The molecule has 3 atom stereocenters. The zero-order valence-electron chi connectivity index (χ0n) is 12.6. The van der Waals surface area contributed by atoms with Crippen LogP contribution in [-0.4, -0.2) is 37.2 Å². The molecule has 1 aromatic carbocycles. The second-order valence-corrected chi connectivity index (χ2v) is 6.46. The Morgan fingerprint density at radius 2 is 2.10 bits per heavy atom. The van der Waals surface area contributed by atoms with Crippen molar-refractivity contribution >= 4 is 0 Å². The summed E-state index contributed by atoms with van der Waals surface area (Å²) in [4.78, 5) is 2.66. The lowest BCUT2D eigenvalue weighted by molar-refractivity contribution is 0.107. The Balaban J connectivity index is 1.71. The van der Waals surface area contributed by atoms with Gasteiger partial charge >= 0.3 is 0 Å². The quantitative estimate of drug-likeness (QED) is 0.898. The number of benzene rings is 1. The van der Waals surface area contributed by atoms with Gasteiger partial charge in [-0.15, -0.1) is 0 Å². The lowest BCUT2D eigenvalue weighted by Gasteiger charge is -2.41. The Bertz CT molecular complexity index is 474. The Morgan fingerprint density at radius 1 is 1.25 bits per heavy atom. The number of piperidine rings is 1. The molecule has 0 aromatic heterocycles. The van der Waals surface area contributed by atoms with Crippen LogP contribution in [0.4, 0.5) is 0 Å². The summed E-state index contributed by atoms with van der Waals surface area (Å²) in [5.41, 5.74) is 9.12. The topological polar surface area (TPSA) is 38.5 Å². The molecule has 1 aliphatic carbocycles. The summed E-state index contributed by atoms with van der Waals surface area (Å²) < 4.78 is 5.36. The van der Waals surface area contributed by atoms with Gasteiger partial charge in [-0.25, -0.2) is 0 Å². The van der Waals surface area contributed by atoms with Crippen molar-refractivity contribution < 1.29 is 4.74 Å². The SMILES string of the molecule is COc1ccc2c(c1)CC(N1CCC(N)C(C)C1)CC2. The number of nitrogens with two attached hydrogens (primary N) is 1. The molecule has 1 aliphatic heterocycles. The first-order valence-corrected chi connectivity index (χ1v) is 7.83. The molecule has 1 aromatic rings. The van der Waals surface area contributed by atoms with Crippen LogP contribution in [0.25, 0.3) is 0 Å². The first-order chi connectivity index (χ1) is 9.67. The van der Waals surface area contributed by atoms with E-state index in [0.29, 0.717) is 18.0 Å². The number of nitrogens with zero attached hydrogens (tertiary/aromatic N) is 1. The van der Waals surface area contributed by atoms with E-state index in [9.17, 15) is 0 Å². The molecule has 2 N–H and O–H groups in total. The summed E-state index contributed by atoms with van der Waals surface area (Å²) >= 11 is 0. The van der Waals surface area contributed by atoms with Crippen LogP contribution < -0.4 is 10.5 Å². The smallest absolute Gasteiger partial charge is 0.119 e. The summed E-state index contributed by atoms with van der Waals surface area (Å²) in [5, 5.41) is 0. The third kappa shape index (κ3) is 2.70. The van der Waals surface area contributed by atoms with Crippen LogP contribution in [0.15, 0.2) is 18.2 Å². The van der Waals surface area contributed by atoms with E-state index in [1.165, 1.54) is 24.0 Å². The van der Waals surface area contributed by atoms with Gasteiger partial charge in [0.05, 0.1) is 7.11 Å². The Kier molecular flexibility index (Phi) is 3.99. The number of ether oxygens (including phenoxy) is 1. The van der Waals surface area contributed by atoms with Gasteiger partial charge in [-0.3, -0.25) is 4.90 Å². The summed E-state index contributed by atoms with van der Waals surface area (Å²) in [7, 11) is 1.75. The average Bonchev–Trinajstić information content (AvgIpc) is 2.49. The molecule has 3 rings (SSSR count). The van der Waals surface area contributed by atoms with Crippen LogP contribution in [-0.2, 0) is 12.8 Å². The highest BCUT2D eigenvalue weighted by atomic mass is 16.5. The van der Waals surface area contributed by atoms with Gasteiger partial charge in [-0.1, -0.05) is 13.0 Å². The highest BCUT2D eigenvalue weighted by Crippen LogP contribution is 2.29. The molecule has 0 spiro atoms. The predicted molar refractivity (Wildman–Crippen MR) is 82.1 cm³/mol. The largest absolute Gasteiger partial charge is 0.497 e. The molecular formula is C17H26N2O. The zero-order chi connectivity index (χ0) is 14.1. The highest BCUT2D eigenvalue weighted by Gasteiger charge is 2.30. The third-order valence-corrected chi connectivity index (χ3v) is 5.14. The van der Waals surface area contributed by atoms with Crippen molar-refractivity contribution in [3.63, 3.8) is 0 Å². The number of fused-ring (bicyclic) bond motifs is 1. The van der Waals surface area contributed by atoms with E-state index >= 15 is 0 Å². The molecule has 20 heavy (non-hydrogen) atoms. The second kappa shape index (κ2) is 5.74. The van der Waals surface area contributed by atoms with E-state index in [4.69, 9.17) is 10.5 Å². The van der Waals surface area contributed by atoms with Crippen LogP contribution in [0.3, 0.4) is 0 Å². The van der Waals surface area contributed by atoms with Crippen molar-refractivity contribution in [3.05, 3.63) is 29.3 Å². The Labute approximate surface area is 122 Å². The number of aryl methyl sites for hydroxylation is 1. The molecule has 3 heteroatoms. The van der Waals surface area contributed by atoms with Crippen LogP contribution in [0.2, 0.25) is 0 Å². The maximum absolute atomic E-state index is 6.14. The van der Waals surface area contributed by atoms with Crippen LogP contribution >= 0.6 is 0 Å². The summed E-state index contributed by atoms with van der Waals surface area (Å²) in [6.07, 6.45) is 4.78. The fraction of sp³-hybridized carbons (Fsp3) is 0.647. The van der Waals surface area contributed by atoms with E-state index in [1.807, 2.05) is 0 Å². The maximum Gasteiger partial charge on any atom is 0.119 e. The van der Waals surface area contributed by atoms with Crippen molar-refractivity contribution in [1.29, 1.82) is 0 Å². The number of hydrogen-bond acceptors (Lipinski definition) is 3. The van der Waals surface area contributed by atoms with E-state index < -0.39 is 0 Å². The lowest BCUT2D eigenvalue weighted by Crippen LogP contribution is -2.51. The minimum absolute atomic E-state index is 0.391. The Morgan fingerprint density at radius 3 is 2.85 bits per heavy atom. The molecule has 1 saturated heterocycles. The van der Waals surface area contributed by atoms with Crippen molar-refractivity contribution in [2.24, 2.45) is 11.7 Å². The molecule has 0 bridgehead atoms. The normalized spacial score (nSPS) is 30.9. The summed E-state index contributed by atoms with van der Waals surface area (Å²) in [6, 6.07) is 7.62. The van der Waals surface area contributed by atoms with Gasteiger partial charge in [-0.2, -0.15) is 0 Å². The molecule has 2 aliphatic rings. The van der Waals surface area contributed by atoms with Gasteiger partial charge in [0, 0.05) is 18.6 Å². The van der Waals surface area contributed by atoms with Gasteiger partial charge in [0.25, 0.3) is 0 Å². The highest BCUT2D eigenvalue weighted by molar-refractivity contribution is 5.38. The van der Waals surface area contributed by atoms with Crippen molar-refractivity contribution in [1.82, 2.24) is 4.90 Å². The molecule has 0 radical (unpaired) electrons. The van der Waals surface area contributed by atoms with Crippen molar-refractivity contribution in [3.8, 4) is 5.75 Å². The van der Waals surface area contributed by atoms with Crippen LogP contribution in [0, 0.1) is 5.92 Å². The first-order valence-electron chi connectivity index (χ1n) is 7.83. The molecule has 1 heterocycles. The fourth-order valence-corrected chi connectivity index (χ4v) is 3.68. The number of likely N-dealkylation sites (tertiary alicyclic amines) is 1. The van der Waals surface area contributed by atoms with Gasteiger partial charge in [0.15, 0.2) is 0 Å². The van der Waals surface area contributed by atoms with Crippen LogP contribution in [0.1, 0.15) is 30.9 Å². The molecule has 0 amide bonds. The third-order valence-electron chi connectivity index (χ3n) is 5.14. The molecular weight excluding hydrogens is 248 g/mol. The minimum atomic E-state index is 0.391. The van der Waals surface area contributed by atoms with Gasteiger partial charge in [0.2, 0.25) is 0 Å². The van der Waals surface area contributed by atoms with Gasteiger partial charge in [-0.05, 0) is 61.4 Å². The molecule has 3 nitrogen and oxygen atoms in total. The average molecular weight is 274 g/mol. The second-order valence-electron chi connectivity index (χ2n) is 6.46. The van der Waals surface area contributed by atoms with E-state index in [0.717, 1.165) is 31.7 Å². The van der Waals surface area contributed by atoms with E-state index in [2.05, 4.69) is 30.0 Å². The van der Waals surface area contributed by atoms with Gasteiger partial charge < -0.3 is 10.5 Å². The van der Waals surface area contributed by atoms with Crippen molar-refractivity contribution in [2.75, 3.05) is 20.2 Å². The predicted octanol–water partition coefficient (Wildman–Crippen LogP) is 2.22. The number of rotatable bonds is 2.